The van der Waals surface area contributed by atoms with Gasteiger partial charge in [0.1, 0.15) is 5.82 Å². The first-order valence-electron chi connectivity index (χ1n) is 5.09. The molecule has 1 aromatic rings. The third-order valence-corrected chi connectivity index (χ3v) is 3.33. The van der Waals surface area contributed by atoms with E-state index in [0.717, 1.165) is 0 Å². The molecule has 1 heterocycles. The second-order valence-electron chi connectivity index (χ2n) is 3.46. The molecular weight excluding hydrogens is 266 g/mol. The molecular formula is C9H14ClN3O3S. The Morgan fingerprint density at radius 3 is 2.71 bits per heavy atom. The fourth-order valence-electron chi connectivity index (χ4n) is 1.33. The summed E-state index contributed by atoms with van der Waals surface area (Å²) >= 11 is 0. The van der Waals surface area contributed by atoms with E-state index in [0.29, 0.717) is 18.9 Å². The average Bonchev–Trinajstić information content (AvgIpc) is 2.57. The minimum Gasteiger partial charge on any atom is -0.356 e. The normalized spacial score (nSPS) is 11.5. The van der Waals surface area contributed by atoms with Crippen molar-refractivity contribution < 1.29 is 13.2 Å². The maximum Gasteiger partial charge on any atom is 0.280 e. The first-order valence-corrected chi connectivity index (χ1v) is 7.40. The lowest BCUT2D eigenvalue weighted by molar-refractivity contribution is -0.121. The monoisotopic (exact) mass is 279 g/mol. The zero-order chi connectivity index (χ0) is 13.1. The van der Waals surface area contributed by atoms with Crippen LogP contribution in [0, 0.1) is 6.92 Å². The molecule has 0 spiro atoms. The van der Waals surface area contributed by atoms with Gasteiger partial charge in [0, 0.05) is 36.4 Å². The van der Waals surface area contributed by atoms with Gasteiger partial charge in [-0.05, 0) is 13.8 Å². The molecule has 0 aliphatic carbocycles. The summed E-state index contributed by atoms with van der Waals surface area (Å²) in [5, 5.41) is 2.47. The molecule has 0 saturated heterocycles. The summed E-state index contributed by atoms with van der Waals surface area (Å²) in [4.78, 5) is 15.1. The maximum atomic E-state index is 11.2. The number of aromatic nitrogens is 2. The number of nitrogens with one attached hydrogen (secondary N) is 1. The molecule has 0 bridgehead atoms. The van der Waals surface area contributed by atoms with Gasteiger partial charge in [-0.25, -0.2) is 13.4 Å². The second-order valence-corrected chi connectivity index (χ2v) is 5.97. The van der Waals surface area contributed by atoms with Crippen LogP contribution in [-0.4, -0.2) is 30.4 Å². The fourth-order valence-corrected chi connectivity index (χ4v) is 2.05. The van der Waals surface area contributed by atoms with Gasteiger partial charge in [0.05, 0.1) is 0 Å². The minimum atomic E-state index is -3.81. The second kappa shape index (κ2) is 5.50. The van der Waals surface area contributed by atoms with Crippen LogP contribution < -0.4 is 5.32 Å². The predicted molar refractivity (Wildman–Crippen MR) is 63.3 cm³/mol. The number of hydrogen-bond donors (Lipinski definition) is 1. The van der Waals surface area contributed by atoms with Crippen LogP contribution >= 0.6 is 10.7 Å². The molecule has 0 aliphatic rings. The van der Waals surface area contributed by atoms with Gasteiger partial charge in [-0.15, -0.1) is 0 Å². The van der Waals surface area contributed by atoms with Crippen LogP contribution in [0.5, 0.6) is 0 Å². The molecule has 1 aromatic heterocycles. The summed E-state index contributed by atoms with van der Waals surface area (Å²) in [5.74, 6) is 0.421. The van der Waals surface area contributed by atoms with Crippen LogP contribution in [0.4, 0.5) is 0 Å². The highest BCUT2D eigenvalue weighted by Gasteiger charge is 2.16. The molecule has 0 saturated carbocycles. The number of halogens is 1. The largest absolute Gasteiger partial charge is 0.356 e. The molecule has 6 nitrogen and oxygen atoms in total. The van der Waals surface area contributed by atoms with Gasteiger partial charge < -0.3 is 9.88 Å². The minimum absolute atomic E-state index is 0.0871. The van der Waals surface area contributed by atoms with E-state index < -0.39 is 9.05 Å². The maximum absolute atomic E-state index is 11.2. The molecule has 0 unspecified atom stereocenters. The highest BCUT2D eigenvalue weighted by atomic mass is 35.7. The topological polar surface area (TPSA) is 81.1 Å². The van der Waals surface area contributed by atoms with Crippen LogP contribution in [-0.2, 0) is 20.4 Å². The number of carbonyl (C=O) groups excluding carboxylic acids is 1. The van der Waals surface area contributed by atoms with Crippen molar-refractivity contribution >= 4 is 25.6 Å². The first kappa shape index (κ1) is 14.0. The van der Waals surface area contributed by atoms with E-state index in [1.54, 1.807) is 11.5 Å². The van der Waals surface area contributed by atoms with Crippen molar-refractivity contribution in [2.24, 2.45) is 0 Å². The Balaban J connectivity index is 2.73. The quantitative estimate of drug-likeness (QED) is 0.802. The molecule has 0 aliphatic heterocycles. The Hall–Kier alpha value is -1.08. The van der Waals surface area contributed by atoms with Gasteiger partial charge in [-0.1, -0.05) is 0 Å². The van der Waals surface area contributed by atoms with Gasteiger partial charge in [-0.3, -0.25) is 4.79 Å². The molecule has 96 valence electrons. The number of rotatable bonds is 5. The number of imidazole rings is 1. The Morgan fingerprint density at radius 2 is 2.24 bits per heavy atom. The number of nitrogens with zero attached hydrogens (tertiary/aromatic N) is 2. The Morgan fingerprint density at radius 1 is 1.59 bits per heavy atom. The van der Waals surface area contributed by atoms with Gasteiger partial charge in [0.25, 0.3) is 9.05 Å². The Labute approximate surface area is 104 Å². The molecule has 1 N–H and O–H groups in total. The van der Waals surface area contributed by atoms with Crippen molar-refractivity contribution in [1.29, 1.82) is 0 Å². The highest BCUT2D eigenvalue weighted by molar-refractivity contribution is 8.13. The summed E-state index contributed by atoms with van der Waals surface area (Å²) in [7, 11) is 1.36. The molecule has 0 fully saturated rings. The third-order valence-electron chi connectivity index (χ3n) is 2.16. The zero-order valence-electron chi connectivity index (χ0n) is 9.60. The lowest BCUT2D eigenvalue weighted by atomic mass is 10.4. The smallest absolute Gasteiger partial charge is 0.280 e. The van der Waals surface area contributed by atoms with Crippen molar-refractivity contribution in [2.75, 3.05) is 6.54 Å². The lowest BCUT2D eigenvalue weighted by Gasteiger charge is -2.04. The van der Waals surface area contributed by atoms with Crippen LogP contribution in [0.2, 0.25) is 0 Å². The van der Waals surface area contributed by atoms with Crippen molar-refractivity contribution in [1.82, 2.24) is 14.9 Å². The number of amides is 1. The van der Waals surface area contributed by atoms with E-state index in [1.165, 1.54) is 6.20 Å². The molecule has 8 heteroatoms. The number of aryl methyl sites for hydroxylation is 2. The molecule has 17 heavy (non-hydrogen) atoms. The van der Waals surface area contributed by atoms with E-state index in [1.807, 2.05) is 6.92 Å². The number of hydrogen-bond acceptors (Lipinski definition) is 4. The SMILES string of the molecule is CCNC(=O)CCn1cc(S(=O)(=O)Cl)nc1C. The highest BCUT2D eigenvalue weighted by Crippen LogP contribution is 2.14. The van der Waals surface area contributed by atoms with E-state index in [4.69, 9.17) is 10.7 Å². The van der Waals surface area contributed by atoms with Crippen molar-refractivity contribution in [3.05, 3.63) is 12.0 Å². The fraction of sp³-hybridized carbons (Fsp3) is 0.556. The van der Waals surface area contributed by atoms with Crippen LogP contribution in [0.3, 0.4) is 0 Å². The lowest BCUT2D eigenvalue weighted by Crippen LogP contribution is -2.23. The molecule has 0 atom stereocenters. The zero-order valence-corrected chi connectivity index (χ0v) is 11.2. The van der Waals surface area contributed by atoms with Gasteiger partial charge >= 0.3 is 0 Å². The summed E-state index contributed by atoms with van der Waals surface area (Å²) in [6.07, 6.45) is 1.60. The van der Waals surface area contributed by atoms with Crippen molar-refractivity contribution in [3.63, 3.8) is 0 Å². The molecule has 1 rings (SSSR count). The Kier molecular flexibility index (Phi) is 4.53. The van der Waals surface area contributed by atoms with E-state index in [9.17, 15) is 13.2 Å². The van der Waals surface area contributed by atoms with E-state index in [-0.39, 0.29) is 17.4 Å². The Bertz CT molecular complexity index is 510. The van der Waals surface area contributed by atoms with Crippen LogP contribution in [0.25, 0.3) is 0 Å². The number of carbonyl (C=O) groups is 1. The van der Waals surface area contributed by atoms with Gasteiger partial charge in [0.2, 0.25) is 5.91 Å². The summed E-state index contributed by atoms with van der Waals surface area (Å²) in [6, 6.07) is 0. The first-order chi connectivity index (χ1) is 7.84. The molecule has 1 amide bonds. The van der Waals surface area contributed by atoms with Gasteiger partial charge in [0.15, 0.2) is 5.03 Å². The van der Waals surface area contributed by atoms with Crippen molar-refractivity contribution in [3.8, 4) is 0 Å². The van der Waals surface area contributed by atoms with Gasteiger partial charge in [-0.2, -0.15) is 0 Å². The molecule has 0 aromatic carbocycles. The third kappa shape index (κ3) is 4.01. The van der Waals surface area contributed by atoms with E-state index >= 15 is 0 Å². The van der Waals surface area contributed by atoms with Crippen molar-refractivity contribution in [2.45, 2.75) is 31.8 Å². The standard InChI is InChI=1S/C9H14ClN3O3S/c1-3-11-8(14)4-5-13-6-9(12-7(13)2)17(10,15)16/h6H,3-5H2,1-2H3,(H,11,14). The predicted octanol–water partition coefficient (Wildman–Crippen LogP) is 0.645. The summed E-state index contributed by atoms with van der Waals surface area (Å²) in [5.41, 5.74) is 0. The summed E-state index contributed by atoms with van der Waals surface area (Å²) in [6.45, 7) is 4.43. The average molecular weight is 280 g/mol. The van der Waals surface area contributed by atoms with Crippen LogP contribution in [0.1, 0.15) is 19.2 Å². The summed E-state index contributed by atoms with van der Waals surface area (Å²) < 4.78 is 23.7. The van der Waals surface area contributed by atoms with Crippen LogP contribution in [0.15, 0.2) is 11.2 Å². The molecule has 0 radical (unpaired) electrons. The van der Waals surface area contributed by atoms with E-state index in [2.05, 4.69) is 10.3 Å².